The van der Waals surface area contributed by atoms with Gasteiger partial charge in [0.15, 0.2) is 0 Å². The van der Waals surface area contributed by atoms with Crippen LogP contribution in [0.2, 0.25) is 0 Å². The number of carbonyl (C=O) groups is 1. The molecule has 0 heterocycles. The molecule has 0 spiro atoms. The van der Waals surface area contributed by atoms with Gasteiger partial charge in [0.2, 0.25) is 0 Å². The Morgan fingerprint density at radius 1 is 1.62 bits per heavy atom. The molecule has 0 aliphatic heterocycles. The summed E-state index contributed by atoms with van der Waals surface area (Å²) in [6.07, 6.45) is 0.287. The fraction of sp³-hybridized carbons (Fsp3) is 0.364. The van der Waals surface area contributed by atoms with Crippen molar-refractivity contribution in [3.05, 3.63) is 33.8 Å². The number of benzene rings is 1. The summed E-state index contributed by atoms with van der Waals surface area (Å²) in [7, 11) is 1.60. The van der Waals surface area contributed by atoms with Crippen LogP contribution in [0.25, 0.3) is 0 Å². The lowest BCUT2D eigenvalue weighted by atomic mass is 10.0. The van der Waals surface area contributed by atoms with Gasteiger partial charge in [-0.05, 0) is 23.6 Å². The van der Waals surface area contributed by atoms with E-state index in [0.717, 1.165) is 15.6 Å². The summed E-state index contributed by atoms with van der Waals surface area (Å²) in [5.41, 5.74) is 7.36. The second-order valence-electron chi connectivity index (χ2n) is 3.46. The van der Waals surface area contributed by atoms with Crippen LogP contribution in [0, 0.1) is 0 Å². The molecule has 3 N–H and O–H groups in total. The van der Waals surface area contributed by atoms with Gasteiger partial charge in [-0.25, -0.2) is 0 Å². The minimum Gasteiger partial charge on any atom is -0.480 e. The number of nitrogens with two attached hydrogens (primary N) is 1. The van der Waals surface area contributed by atoms with E-state index in [0.29, 0.717) is 6.61 Å². The molecular weight excluding hydrogens is 274 g/mol. The Morgan fingerprint density at radius 2 is 2.31 bits per heavy atom. The van der Waals surface area contributed by atoms with E-state index in [1.807, 2.05) is 18.2 Å². The van der Waals surface area contributed by atoms with Gasteiger partial charge < -0.3 is 15.6 Å². The summed E-state index contributed by atoms with van der Waals surface area (Å²) >= 11 is 3.39. The fourth-order valence-electron chi connectivity index (χ4n) is 1.43. The summed E-state index contributed by atoms with van der Waals surface area (Å²) in [5.74, 6) is -1.00. The Bertz CT molecular complexity index is 381. The largest absolute Gasteiger partial charge is 0.480 e. The molecule has 0 saturated heterocycles. The highest BCUT2D eigenvalue weighted by Gasteiger charge is 2.16. The van der Waals surface area contributed by atoms with E-state index in [1.165, 1.54) is 0 Å². The first-order valence-electron chi connectivity index (χ1n) is 4.80. The van der Waals surface area contributed by atoms with E-state index < -0.39 is 12.0 Å². The SMILES string of the molecule is COCc1cccc(Br)c1CC(N)C(=O)O. The Morgan fingerprint density at radius 3 is 2.88 bits per heavy atom. The van der Waals surface area contributed by atoms with Gasteiger partial charge in [-0.15, -0.1) is 0 Å². The predicted octanol–water partition coefficient (Wildman–Crippen LogP) is 1.55. The number of carboxylic acid groups (broad SMARTS) is 1. The van der Waals surface area contributed by atoms with Crippen molar-refractivity contribution in [1.29, 1.82) is 0 Å². The normalized spacial score (nSPS) is 12.4. The van der Waals surface area contributed by atoms with Crippen molar-refractivity contribution in [3.63, 3.8) is 0 Å². The van der Waals surface area contributed by atoms with Crippen LogP contribution in [0.1, 0.15) is 11.1 Å². The van der Waals surface area contributed by atoms with E-state index in [4.69, 9.17) is 15.6 Å². The number of hydrogen-bond acceptors (Lipinski definition) is 3. The van der Waals surface area contributed by atoms with Gasteiger partial charge in [-0.3, -0.25) is 4.79 Å². The number of halogens is 1. The van der Waals surface area contributed by atoms with E-state index in [2.05, 4.69) is 15.9 Å². The highest BCUT2D eigenvalue weighted by Crippen LogP contribution is 2.22. The van der Waals surface area contributed by atoms with Crippen molar-refractivity contribution < 1.29 is 14.6 Å². The number of hydrogen-bond donors (Lipinski definition) is 2. The van der Waals surface area contributed by atoms with Crippen molar-refractivity contribution in [2.24, 2.45) is 5.73 Å². The van der Waals surface area contributed by atoms with Gasteiger partial charge in [-0.2, -0.15) is 0 Å². The van der Waals surface area contributed by atoms with Crippen LogP contribution in [0.4, 0.5) is 0 Å². The Balaban J connectivity index is 2.96. The van der Waals surface area contributed by atoms with Gasteiger partial charge in [-0.1, -0.05) is 28.1 Å². The minimum absolute atomic E-state index is 0.287. The standard InChI is InChI=1S/C11H14BrNO3/c1-16-6-7-3-2-4-9(12)8(7)5-10(13)11(14)15/h2-4,10H,5-6,13H2,1H3,(H,14,15). The smallest absolute Gasteiger partial charge is 0.320 e. The van der Waals surface area contributed by atoms with Gasteiger partial charge in [0.25, 0.3) is 0 Å². The number of carboxylic acids is 1. The maximum atomic E-state index is 10.7. The molecule has 4 nitrogen and oxygen atoms in total. The lowest BCUT2D eigenvalue weighted by Crippen LogP contribution is -2.32. The van der Waals surface area contributed by atoms with Gasteiger partial charge in [0.05, 0.1) is 6.61 Å². The van der Waals surface area contributed by atoms with Gasteiger partial charge in [0.1, 0.15) is 6.04 Å². The molecule has 5 heteroatoms. The number of ether oxygens (including phenoxy) is 1. The third-order valence-corrected chi connectivity index (χ3v) is 3.00. The number of methoxy groups -OCH3 is 1. The lowest BCUT2D eigenvalue weighted by molar-refractivity contribution is -0.138. The second-order valence-corrected chi connectivity index (χ2v) is 4.31. The van der Waals surface area contributed by atoms with Crippen LogP contribution in [0.5, 0.6) is 0 Å². The van der Waals surface area contributed by atoms with Gasteiger partial charge in [0, 0.05) is 11.6 Å². The molecule has 16 heavy (non-hydrogen) atoms. The molecule has 0 saturated carbocycles. The summed E-state index contributed by atoms with van der Waals surface area (Å²) in [6, 6.07) is 4.75. The average Bonchev–Trinajstić information content (AvgIpc) is 2.23. The van der Waals surface area contributed by atoms with Crippen LogP contribution < -0.4 is 5.73 Å². The molecule has 0 aliphatic rings. The first-order valence-corrected chi connectivity index (χ1v) is 5.59. The van der Waals surface area contributed by atoms with Crippen LogP contribution in [0.15, 0.2) is 22.7 Å². The van der Waals surface area contributed by atoms with E-state index >= 15 is 0 Å². The van der Waals surface area contributed by atoms with Crippen molar-refractivity contribution in [2.75, 3.05) is 7.11 Å². The van der Waals surface area contributed by atoms with E-state index in [1.54, 1.807) is 7.11 Å². The molecule has 1 atom stereocenters. The molecule has 88 valence electrons. The zero-order valence-electron chi connectivity index (χ0n) is 8.94. The summed E-state index contributed by atoms with van der Waals surface area (Å²) in [5, 5.41) is 8.78. The molecule has 0 aliphatic carbocycles. The molecule has 1 unspecified atom stereocenters. The molecule has 0 aromatic heterocycles. The van der Waals surface area contributed by atoms with E-state index in [9.17, 15) is 4.79 Å². The first-order chi connectivity index (χ1) is 7.56. The van der Waals surface area contributed by atoms with Crippen molar-refractivity contribution >= 4 is 21.9 Å². The van der Waals surface area contributed by atoms with Crippen LogP contribution >= 0.6 is 15.9 Å². The second kappa shape index (κ2) is 5.98. The van der Waals surface area contributed by atoms with Crippen LogP contribution in [-0.2, 0) is 22.6 Å². The maximum absolute atomic E-state index is 10.7. The van der Waals surface area contributed by atoms with Crippen LogP contribution in [-0.4, -0.2) is 24.2 Å². The molecule has 0 amide bonds. The molecule has 0 fully saturated rings. The third kappa shape index (κ3) is 3.30. The molecule has 1 aromatic rings. The molecule has 0 bridgehead atoms. The highest BCUT2D eigenvalue weighted by molar-refractivity contribution is 9.10. The zero-order chi connectivity index (χ0) is 12.1. The summed E-state index contributed by atoms with van der Waals surface area (Å²) in [4.78, 5) is 10.7. The Hall–Kier alpha value is -0.910. The fourth-order valence-corrected chi connectivity index (χ4v) is 2.00. The first kappa shape index (κ1) is 13.2. The predicted molar refractivity (Wildman–Crippen MR) is 64.2 cm³/mol. The minimum atomic E-state index is -1.00. The van der Waals surface area contributed by atoms with Crippen LogP contribution in [0.3, 0.4) is 0 Å². The molecule has 0 radical (unpaired) electrons. The monoisotopic (exact) mass is 287 g/mol. The molecule has 1 rings (SSSR count). The third-order valence-electron chi connectivity index (χ3n) is 2.26. The Labute approximate surface area is 103 Å². The van der Waals surface area contributed by atoms with Crippen molar-refractivity contribution in [1.82, 2.24) is 0 Å². The quantitative estimate of drug-likeness (QED) is 0.862. The Kier molecular flexibility index (Phi) is 4.92. The average molecular weight is 288 g/mol. The van der Waals surface area contributed by atoms with Crippen molar-refractivity contribution in [3.8, 4) is 0 Å². The van der Waals surface area contributed by atoms with Gasteiger partial charge >= 0.3 is 5.97 Å². The molecular formula is C11H14BrNO3. The lowest BCUT2D eigenvalue weighted by Gasteiger charge is -2.13. The van der Waals surface area contributed by atoms with Crippen molar-refractivity contribution in [2.45, 2.75) is 19.1 Å². The summed E-state index contributed by atoms with van der Waals surface area (Å²) < 4.78 is 5.92. The number of aliphatic carboxylic acids is 1. The highest BCUT2D eigenvalue weighted by atomic mass is 79.9. The zero-order valence-corrected chi connectivity index (χ0v) is 10.5. The molecule has 1 aromatic carbocycles. The van der Waals surface area contributed by atoms with E-state index in [-0.39, 0.29) is 6.42 Å². The summed E-state index contributed by atoms with van der Waals surface area (Å²) in [6.45, 7) is 0.446. The topological polar surface area (TPSA) is 72.5 Å². The number of rotatable bonds is 5. The maximum Gasteiger partial charge on any atom is 0.320 e.